The Bertz CT molecular complexity index is 1890. The molecule has 4 heteroatoms. The lowest BCUT2D eigenvalue weighted by Gasteiger charge is -2.45. The third-order valence-corrected chi connectivity index (χ3v) is 8.65. The summed E-state index contributed by atoms with van der Waals surface area (Å²) in [5.41, 5.74) is 4.65. The molecular formula is C41H28O4. The van der Waals surface area contributed by atoms with E-state index in [-0.39, 0.29) is 5.57 Å². The molecule has 0 saturated heterocycles. The van der Waals surface area contributed by atoms with Crippen LogP contribution < -0.4 is 9.47 Å². The van der Waals surface area contributed by atoms with Gasteiger partial charge in [-0.15, -0.1) is 5.73 Å². The largest absolute Gasteiger partial charge is 0.457 e. The molecule has 6 aromatic carbocycles. The zero-order valence-corrected chi connectivity index (χ0v) is 24.2. The SMILES string of the molecule is OC1(C(=C=C(c2ccccc2)c2ccccc2)C2(O)c3ccccc3Oc3ccccc32)c2ccccc2Oc2ccccc21. The highest BCUT2D eigenvalue weighted by Crippen LogP contribution is 2.59. The second-order valence-electron chi connectivity index (χ2n) is 11.2. The highest BCUT2D eigenvalue weighted by molar-refractivity contribution is 5.81. The van der Waals surface area contributed by atoms with E-state index in [1.807, 2.05) is 158 Å². The zero-order chi connectivity index (χ0) is 30.4. The first-order valence-corrected chi connectivity index (χ1v) is 14.9. The van der Waals surface area contributed by atoms with Crippen LogP contribution in [0.25, 0.3) is 5.57 Å². The predicted octanol–water partition coefficient (Wildman–Crippen LogP) is 8.73. The molecule has 45 heavy (non-hydrogen) atoms. The molecule has 0 atom stereocenters. The number of fused-ring (bicyclic) bond motifs is 4. The van der Waals surface area contributed by atoms with Crippen LogP contribution in [-0.4, -0.2) is 10.2 Å². The van der Waals surface area contributed by atoms with Crippen LogP contribution in [0.3, 0.4) is 0 Å². The van der Waals surface area contributed by atoms with E-state index in [0.29, 0.717) is 45.3 Å². The second kappa shape index (κ2) is 10.5. The molecule has 0 spiro atoms. The Morgan fingerprint density at radius 2 is 0.689 bits per heavy atom. The number of aliphatic hydroxyl groups is 2. The Morgan fingerprint density at radius 1 is 0.400 bits per heavy atom. The van der Waals surface area contributed by atoms with Crippen LogP contribution in [0.1, 0.15) is 33.4 Å². The van der Waals surface area contributed by atoms with Crippen LogP contribution in [0.2, 0.25) is 0 Å². The first kappa shape index (κ1) is 26.9. The van der Waals surface area contributed by atoms with Gasteiger partial charge in [0.1, 0.15) is 23.0 Å². The number of rotatable bonds is 4. The molecular weight excluding hydrogens is 556 g/mol. The van der Waals surface area contributed by atoms with Crippen molar-refractivity contribution in [3.05, 3.63) is 202 Å². The Kier molecular flexibility index (Phi) is 6.30. The van der Waals surface area contributed by atoms with E-state index in [1.54, 1.807) is 0 Å². The molecule has 2 heterocycles. The van der Waals surface area contributed by atoms with Crippen LogP contribution in [-0.2, 0) is 11.2 Å². The van der Waals surface area contributed by atoms with E-state index in [9.17, 15) is 10.2 Å². The third-order valence-electron chi connectivity index (χ3n) is 8.65. The van der Waals surface area contributed by atoms with Crippen LogP contribution >= 0.6 is 0 Å². The molecule has 0 aromatic heterocycles. The molecule has 2 N–H and O–H groups in total. The van der Waals surface area contributed by atoms with Crippen molar-refractivity contribution in [3.8, 4) is 23.0 Å². The first-order valence-electron chi connectivity index (χ1n) is 14.9. The molecule has 216 valence electrons. The monoisotopic (exact) mass is 584 g/mol. The lowest BCUT2D eigenvalue weighted by molar-refractivity contribution is 0.0308. The highest BCUT2D eigenvalue weighted by Gasteiger charge is 2.55. The van der Waals surface area contributed by atoms with E-state index in [2.05, 4.69) is 5.73 Å². The van der Waals surface area contributed by atoms with E-state index in [4.69, 9.17) is 9.47 Å². The second-order valence-corrected chi connectivity index (χ2v) is 11.2. The molecule has 2 aliphatic rings. The molecule has 0 unspecified atom stereocenters. The fourth-order valence-corrected chi connectivity index (χ4v) is 6.57. The molecule has 0 amide bonds. The van der Waals surface area contributed by atoms with Gasteiger partial charge in [0.2, 0.25) is 0 Å². The van der Waals surface area contributed by atoms with Crippen LogP contribution in [0.15, 0.2) is 169 Å². The fraction of sp³-hybridized carbons (Fsp3) is 0.0488. The molecule has 0 radical (unpaired) electrons. The smallest absolute Gasteiger partial charge is 0.154 e. The van der Waals surface area contributed by atoms with Crippen molar-refractivity contribution >= 4 is 5.57 Å². The summed E-state index contributed by atoms with van der Waals surface area (Å²) in [7, 11) is 0. The van der Waals surface area contributed by atoms with E-state index >= 15 is 0 Å². The zero-order valence-electron chi connectivity index (χ0n) is 24.2. The standard InChI is InChI=1S/C41H28O4/c42-40(31-19-7-11-23-35(31)44-36-24-12-8-20-32(36)40)39(27-30(28-15-3-1-4-16-28)29-17-5-2-6-18-29)41(43)33-21-9-13-25-37(33)45-38-26-14-10-22-34(38)41/h1-26,42-43H. The number of hydrogen-bond acceptors (Lipinski definition) is 4. The van der Waals surface area contributed by atoms with Crippen molar-refractivity contribution in [3.63, 3.8) is 0 Å². The van der Waals surface area contributed by atoms with Crippen LogP contribution in [0.5, 0.6) is 23.0 Å². The van der Waals surface area contributed by atoms with E-state index < -0.39 is 11.2 Å². The van der Waals surface area contributed by atoms with Gasteiger partial charge in [0.25, 0.3) is 0 Å². The average molecular weight is 585 g/mol. The van der Waals surface area contributed by atoms with Gasteiger partial charge in [-0.1, -0.05) is 133 Å². The summed E-state index contributed by atoms with van der Waals surface area (Å²) in [6.07, 6.45) is 0. The first-order chi connectivity index (χ1) is 22.1. The van der Waals surface area contributed by atoms with E-state index in [1.165, 1.54) is 0 Å². The lowest BCUT2D eigenvalue weighted by atomic mass is 9.66. The van der Waals surface area contributed by atoms with Crippen molar-refractivity contribution < 1.29 is 19.7 Å². The number of hydrogen-bond donors (Lipinski definition) is 2. The summed E-state index contributed by atoms with van der Waals surface area (Å²) >= 11 is 0. The number of ether oxygens (including phenoxy) is 2. The highest BCUT2D eigenvalue weighted by atomic mass is 16.5. The van der Waals surface area contributed by atoms with Crippen molar-refractivity contribution in [1.82, 2.24) is 0 Å². The quantitative estimate of drug-likeness (QED) is 0.204. The van der Waals surface area contributed by atoms with Gasteiger partial charge in [-0.25, -0.2) is 0 Å². The molecule has 0 fully saturated rings. The minimum Gasteiger partial charge on any atom is -0.457 e. The number of benzene rings is 6. The number of para-hydroxylation sites is 4. The Balaban J connectivity index is 1.60. The van der Waals surface area contributed by atoms with E-state index in [0.717, 1.165) is 16.7 Å². The molecule has 8 rings (SSSR count). The minimum absolute atomic E-state index is 0.226. The summed E-state index contributed by atoms with van der Waals surface area (Å²) in [5, 5.41) is 27.1. The summed E-state index contributed by atoms with van der Waals surface area (Å²) in [6, 6.07) is 49.6. The predicted molar refractivity (Wildman–Crippen MR) is 174 cm³/mol. The van der Waals surface area contributed by atoms with Crippen LogP contribution in [0.4, 0.5) is 0 Å². The van der Waals surface area contributed by atoms with Crippen LogP contribution in [0, 0.1) is 0 Å². The Labute approximate surface area is 261 Å². The van der Waals surface area contributed by atoms with Crippen molar-refractivity contribution in [2.75, 3.05) is 0 Å². The minimum atomic E-state index is -1.88. The molecule has 6 aromatic rings. The Hall–Kier alpha value is -5.64. The maximum atomic E-state index is 13.6. The molecule has 2 aliphatic heterocycles. The summed E-state index contributed by atoms with van der Waals surface area (Å²) in [4.78, 5) is 0. The summed E-state index contributed by atoms with van der Waals surface area (Å²) in [5.74, 6) is 1.99. The third kappa shape index (κ3) is 4.16. The summed E-state index contributed by atoms with van der Waals surface area (Å²) in [6.45, 7) is 0. The normalized spacial score (nSPS) is 14.6. The molecule has 0 aliphatic carbocycles. The van der Waals surface area contributed by atoms with Gasteiger partial charge in [0.15, 0.2) is 11.2 Å². The van der Waals surface area contributed by atoms with Gasteiger partial charge < -0.3 is 19.7 Å². The van der Waals surface area contributed by atoms with Gasteiger partial charge in [0.05, 0.1) is 5.57 Å². The molecule has 0 saturated carbocycles. The maximum Gasteiger partial charge on any atom is 0.154 e. The van der Waals surface area contributed by atoms with Gasteiger partial charge in [-0.2, -0.15) is 0 Å². The lowest BCUT2D eigenvalue weighted by Crippen LogP contribution is -2.45. The maximum absolute atomic E-state index is 13.6. The van der Waals surface area contributed by atoms with Gasteiger partial charge in [-0.3, -0.25) is 0 Å². The topological polar surface area (TPSA) is 58.9 Å². The fourth-order valence-electron chi connectivity index (χ4n) is 6.57. The van der Waals surface area contributed by atoms with Crippen molar-refractivity contribution in [1.29, 1.82) is 0 Å². The Morgan fingerprint density at radius 3 is 1.02 bits per heavy atom. The summed E-state index contributed by atoms with van der Waals surface area (Å²) < 4.78 is 12.7. The molecule has 4 nitrogen and oxygen atoms in total. The van der Waals surface area contributed by atoms with Gasteiger partial charge in [-0.05, 0) is 35.4 Å². The van der Waals surface area contributed by atoms with Crippen molar-refractivity contribution in [2.45, 2.75) is 11.2 Å². The molecule has 0 bridgehead atoms. The van der Waals surface area contributed by atoms with Crippen molar-refractivity contribution in [2.24, 2.45) is 0 Å². The van der Waals surface area contributed by atoms with Gasteiger partial charge >= 0.3 is 0 Å². The average Bonchev–Trinajstić information content (AvgIpc) is 3.10. The van der Waals surface area contributed by atoms with Gasteiger partial charge in [0, 0.05) is 27.8 Å².